The Bertz CT molecular complexity index is 822. The number of esters is 1. The second-order valence-electron chi connectivity index (χ2n) is 4.37. The zero-order valence-electron chi connectivity index (χ0n) is 11.2. The molecule has 0 radical (unpaired) electrons. The van der Waals surface area contributed by atoms with Gasteiger partial charge in [0.1, 0.15) is 11.8 Å². The summed E-state index contributed by atoms with van der Waals surface area (Å²) in [6.45, 7) is 0. The topological polar surface area (TPSA) is 73.6 Å². The number of hydrogen-bond donors (Lipinski definition) is 0. The minimum atomic E-state index is -0.481. The molecule has 0 amide bonds. The van der Waals surface area contributed by atoms with Crippen molar-refractivity contribution in [1.29, 1.82) is 0 Å². The number of methoxy groups -OCH3 is 1. The van der Waals surface area contributed by atoms with Crippen LogP contribution in [0.15, 0.2) is 42.7 Å². The van der Waals surface area contributed by atoms with Crippen LogP contribution in [0.2, 0.25) is 0 Å². The average Bonchev–Trinajstić information content (AvgIpc) is 2.97. The lowest BCUT2D eigenvalue weighted by molar-refractivity contribution is 0.0602. The summed E-state index contributed by atoms with van der Waals surface area (Å²) in [7, 11) is 1.31. The molecule has 1 aromatic carbocycles. The van der Waals surface area contributed by atoms with Crippen LogP contribution in [0.1, 0.15) is 20.7 Å². The third kappa shape index (κ3) is 2.27. The lowest BCUT2D eigenvalue weighted by Gasteiger charge is -2.03. The molecule has 0 saturated heterocycles. The second-order valence-corrected chi connectivity index (χ2v) is 4.37. The van der Waals surface area contributed by atoms with Gasteiger partial charge in [0.15, 0.2) is 5.65 Å². The lowest BCUT2D eigenvalue weighted by atomic mass is 10.1. The van der Waals surface area contributed by atoms with Crippen LogP contribution in [0.4, 0.5) is 0 Å². The molecule has 0 saturated carbocycles. The van der Waals surface area contributed by atoms with E-state index in [0.717, 1.165) is 11.8 Å². The van der Waals surface area contributed by atoms with Crippen LogP contribution in [0.3, 0.4) is 0 Å². The van der Waals surface area contributed by atoms with Gasteiger partial charge in [-0.25, -0.2) is 14.3 Å². The molecular formula is C15H11N3O3. The van der Waals surface area contributed by atoms with Gasteiger partial charge in [0.05, 0.1) is 19.0 Å². The van der Waals surface area contributed by atoms with Crippen molar-refractivity contribution in [2.75, 3.05) is 7.11 Å². The Labute approximate surface area is 120 Å². The maximum atomic E-state index is 11.7. The van der Waals surface area contributed by atoms with Crippen molar-refractivity contribution < 1.29 is 14.3 Å². The highest BCUT2D eigenvalue weighted by Gasteiger charge is 2.15. The van der Waals surface area contributed by atoms with Gasteiger partial charge in [0.25, 0.3) is 0 Å². The average molecular weight is 281 g/mol. The van der Waals surface area contributed by atoms with Gasteiger partial charge in [0, 0.05) is 17.3 Å². The summed E-state index contributed by atoms with van der Waals surface area (Å²) in [6.07, 6.45) is 3.93. The summed E-state index contributed by atoms with van der Waals surface area (Å²) in [6, 6.07) is 8.82. The Morgan fingerprint density at radius 3 is 2.67 bits per heavy atom. The van der Waals surface area contributed by atoms with E-state index in [4.69, 9.17) is 4.74 Å². The van der Waals surface area contributed by atoms with Crippen LogP contribution >= 0.6 is 0 Å². The van der Waals surface area contributed by atoms with Crippen molar-refractivity contribution >= 4 is 17.9 Å². The Morgan fingerprint density at radius 2 is 2.00 bits per heavy atom. The number of rotatable bonds is 3. The van der Waals surface area contributed by atoms with Gasteiger partial charge in [-0.2, -0.15) is 5.10 Å². The van der Waals surface area contributed by atoms with E-state index in [1.54, 1.807) is 36.5 Å². The number of nitrogens with zero attached hydrogens (tertiary/aromatic N) is 3. The van der Waals surface area contributed by atoms with Crippen LogP contribution in [0.25, 0.3) is 16.9 Å². The number of ether oxygens (including phenoxy) is 1. The van der Waals surface area contributed by atoms with Crippen molar-refractivity contribution in [3.05, 3.63) is 53.9 Å². The van der Waals surface area contributed by atoms with Gasteiger partial charge >= 0.3 is 5.97 Å². The molecule has 0 unspecified atom stereocenters. The van der Waals surface area contributed by atoms with Crippen molar-refractivity contribution in [3.8, 4) is 11.3 Å². The summed E-state index contributed by atoms with van der Waals surface area (Å²) < 4.78 is 6.22. The molecular weight excluding hydrogens is 270 g/mol. The van der Waals surface area contributed by atoms with E-state index in [-0.39, 0.29) is 0 Å². The van der Waals surface area contributed by atoms with Crippen LogP contribution < -0.4 is 0 Å². The summed E-state index contributed by atoms with van der Waals surface area (Å²) in [5, 5.41) is 4.06. The predicted octanol–water partition coefficient (Wildman–Crippen LogP) is 2.00. The monoisotopic (exact) mass is 281 g/mol. The Balaban J connectivity index is 2.10. The first-order valence-corrected chi connectivity index (χ1v) is 6.21. The van der Waals surface area contributed by atoms with Crippen molar-refractivity contribution in [3.63, 3.8) is 0 Å². The van der Waals surface area contributed by atoms with Gasteiger partial charge in [-0.05, 0) is 6.07 Å². The van der Waals surface area contributed by atoms with Crippen LogP contribution in [0, 0.1) is 0 Å². The van der Waals surface area contributed by atoms with Gasteiger partial charge in [-0.1, -0.05) is 24.3 Å². The summed E-state index contributed by atoms with van der Waals surface area (Å²) in [4.78, 5) is 26.8. The van der Waals surface area contributed by atoms with Gasteiger partial charge < -0.3 is 4.74 Å². The number of aldehydes is 1. The lowest BCUT2D eigenvalue weighted by Crippen LogP contribution is -2.02. The predicted molar refractivity (Wildman–Crippen MR) is 75.2 cm³/mol. The number of benzene rings is 1. The zero-order chi connectivity index (χ0) is 14.8. The molecule has 104 valence electrons. The molecule has 0 aliphatic carbocycles. The fourth-order valence-corrected chi connectivity index (χ4v) is 2.02. The van der Waals surface area contributed by atoms with E-state index in [2.05, 4.69) is 10.1 Å². The SMILES string of the molecule is COC(=O)c1cnn2ccc(-c3ccc(C=O)cc3)nc12. The number of carbonyl (C=O) groups excluding carboxylic acids is 2. The molecule has 3 aromatic rings. The first kappa shape index (κ1) is 13.0. The van der Waals surface area contributed by atoms with Crippen LogP contribution in [-0.2, 0) is 4.74 Å². The molecule has 0 N–H and O–H groups in total. The van der Waals surface area contributed by atoms with Crippen molar-refractivity contribution in [2.45, 2.75) is 0 Å². The van der Waals surface area contributed by atoms with Crippen LogP contribution in [0.5, 0.6) is 0 Å². The van der Waals surface area contributed by atoms with Crippen molar-refractivity contribution in [1.82, 2.24) is 14.6 Å². The summed E-state index contributed by atoms with van der Waals surface area (Å²) >= 11 is 0. The van der Waals surface area contributed by atoms with Crippen LogP contribution in [-0.4, -0.2) is 34.0 Å². The summed E-state index contributed by atoms with van der Waals surface area (Å²) in [5.41, 5.74) is 2.87. The number of fused-ring (bicyclic) bond motifs is 1. The number of aromatic nitrogens is 3. The molecule has 21 heavy (non-hydrogen) atoms. The highest BCUT2D eigenvalue weighted by atomic mass is 16.5. The second kappa shape index (κ2) is 5.16. The van der Waals surface area contributed by atoms with E-state index in [9.17, 15) is 9.59 Å². The van der Waals surface area contributed by atoms with Gasteiger partial charge in [-0.15, -0.1) is 0 Å². The largest absolute Gasteiger partial charge is 0.465 e. The molecule has 3 rings (SSSR count). The standard InChI is InChI=1S/C15H11N3O3/c1-21-15(20)12-8-16-18-7-6-13(17-14(12)18)11-4-2-10(9-19)3-5-11/h2-9H,1H3. The number of hydrogen-bond acceptors (Lipinski definition) is 5. The van der Waals surface area contributed by atoms with E-state index in [1.807, 2.05) is 0 Å². The maximum absolute atomic E-state index is 11.7. The minimum Gasteiger partial charge on any atom is -0.465 e. The van der Waals surface area contributed by atoms with E-state index >= 15 is 0 Å². The van der Waals surface area contributed by atoms with Gasteiger partial charge in [-0.3, -0.25) is 4.79 Å². The van der Waals surface area contributed by atoms with E-state index in [1.165, 1.54) is 17.8 Å². The quantitative estimate of drug-likeness (QED) is 0.542. The molecule has 0 atom stereocenters. The van der Waals surface area contributed by atoms with Gasteiger partial charge in [0.2, 0.25) is 0 Å². The number of carbonyl (C=O) groups is 2. The Hall–Kier alpha value is -3.02. The third-order valence-electron chi connectivity index (χ3n) is 3.12. The maximum Gasteiger partial charge on any atom is 0.343 e. The summed E-state index contributed by atoms with van der Waals surface area (Å²) in [5.74, 6) is -0.481. The highest BCUT2D eigenvalue weighted by Crippen LogP contribution is 2.19. The first-order chi connectivity index (χ1) is 10.2. The van der Waals surface area contributed by atoms with E-state index < -0.39 is 5.97 Å². The molecule has 0 spiro atoms. The first-order valence-electron chi connectivity index (χ1n) is 6.21. The normalized spacial score (nSPS) is 10.5. The molecule has 0 bridgehead atoms. The fraction of sp³-hybridized carbons (Fsp3) is 0.0667. The molecule has 2 heterocycles. The highest BCUT2D eigenvalue weighted by molar-refractivity contribution is 5.95. The molecule has 6 nitrogen and oxygen atoms in total. The molecule has 2 aromatic heterocycles. The van der Waals surface area contributed by atoms with E-state index in [0.29, 0.717) is 22.5 Å². The molecule has 0 aliphatic rings. The molecule has 6 heteroatoms. The molecule has 0 aliphatic heterocycles. The minimum absolute atomic E-state index is 0.309. The molecule has 0 fully saturated rings. The Kier molecular flexibility index (Phi) is 3.19. The third-order valence-corrected chi connectivity index (χ3v) is 3.12. The fourth-order valence-electron chi connectivity index (χ4n) is 2.02. The smallest absolute Gasteiger partial charge is 0.343 e. The Morgan fingerprint density at radius 1 is 1.24 bits per heavy atom. The van der Waals surface area contributed by atoms with Crippen molar-refractivity contribution in [2.24, 2.45) is 0 Å². The zero-order valence-corrected chi connectivity index (χ0v) is 11.2.